The molecule has 1 aromatic carbocycles. The predicted octanol–water partition coefficient (Wildman–Crippen LogP) is 4.04. The van der Waals surface area contributed by atoms with Gasteiger partial charge in [-0.2, -0.15) is 4.37 Å². The minimum absolute atomic E-state index is 0.0377. The van der Waals surface area contributed by atoms with E-state index in [2.05, 4.69) is 14.3 Å². The summed E-state index contributed by atoms with van der Waals surface area (Å²) in [6.45, 7) is 0. The number of halogens is 1. The molecule has 2 heterocycles. The Morgan fingerprint density at radius 3 is 2.62 bits per heavy atom. The maximum Gasteiger partial charge on any atom is 0.269 e. The van der Waals surface area contributed by atoms with Gasteiger partial charge in [0, 0.05) is 17.7 Å². The second-order valence-electron chi connectivity index (χ2n) is 4.01. The first kappa shape index (κ1) is 14.2. The van der Waals surface area contributed by atoms with Gasteiger partial charge in [-0.1, -0.05) is 23.4 Å². The minimum atomic E-state index is -0.437. The van der Waals surface area contributed by atoms with Crippen LogP contribution in [0.4, 0.5) is 5.69 Å². The summed E-state index contributed by atoms with van der Waals surface area (Å²) in [4.78, 5) is 18.8. The van der Waals surface area contributed by atoms with Gasteiger partial charge >= 0.3 is 0 Å². The zero-order chi connectivity index (χ0) is 15.0. The summed E-state index contributed by atoms with van der Waals surface area (Å²) in [5.41, 5.74) is 2.12. The minimum Gasteiger partial charge on any atom is -0.258 e. The monoisotopic (exact) mass is 338 g/mol. The molecule has 2 aromatic heterocycles. The number of thioether (sulfide) groups is 1. The fourth-order valence-corrected chi connectivity index (χ4v) is 3.21. The molecule has 21 heavy (non-hydrogen) atoms. The van der Waals surface area contributed by atoms with E-state index in [0.717, 1.165) is 5.56 Å². The van der Waals surface area contributed by atoms with E-state index in [1.165, 1.54) is 35.4 Å². The van der Waals surface area contributed by atoms with Gasteiger partial charge in [-0.25, -0.2) is 9.97 Å². The SMILES string of the molecule is CSc1nc(Cl)c2snc(-c3ccc([N+](=O)[O-])cc3)c2n1. The van der Waals surface area contributed by atoms with E-state index in [0.29, 0.717) is 26.2 Å². The first-order valence-electron chi connectivity index (χ1n) is 5.72. The molecule has 0 aliphatic heterocycles. The molecule has 0 fully saturated rings. The van der Waals surface area contributed by atoms with E-state index in [1.807, 2.05) is 6.26 Å². The molecular weight excluding hydrogens is 332 g/mol. The van der Waals surface area contributed by atoms with Gasteiger partial charge in [0.25, 0.3) is 5.69 Å². The molecule has 0 unspecified atom stereocenters. The van der Waals surface area contributed by atoms with E-state index in [9.17, 15) is 10.1 Å². The summed E-state index contributed by atoms with van der Waals surface area (Å²) in [6.07, 6.45) is 1.86. The molecule has 9 heteroatoms. The maximum atomic E-state index is 10.7. The van der Waals surface area contributed by atoms with E-state index in [4.69, 9.17) is 11.6 Å². The first-order chi connectivity index (χ1) is 10.1. The van der Waals surface area contributed by atoms with E-state index in [-0.39, 0.29) is 5.69 Å². The average Bonchev–Trinajstić information content (AvgIpc) is 2.91. The van der Waals surface area contributed by atoms with E-state index < -0.39 is 4.92 Å². The molecule has 0 N–H and O–H groups in total. The van der Waals surface area contributed by atoms with Gasteiger partial charge in [0.2, 0.25) is 0 Å². The molecule has 0 bridgehead atoms. The molecule has 0 saturated heterocycles. The lowest BCUT2D eigenvalue weighted by Gasteiger charge is -2.00. The van der Waals surface area contributed by atoms with Crippen LogP contribution < -0.4 is 0 Å². The Bertz CT molecular complexity index is 835. The summed E-state index contributed by atoms with van der Waals surface area (Å²) < 4.78 is 5.06. The summed E-state index contributed by atoms with van der Waals surface area (Å²) in [7, 11) is 0. The summed E-state index contributed by atoms with van der Waals surface area (Å²) >= 11 is 8.73. The number of fused-ring (bicyclic) bond motifs is 1. The predicted molar refractivity (Wildman–Crippen MR) is 84.1 cm³/mol. The zero-order valence-electron chi connectivity index (χ0n) is 10.6. The van der Waals surface area contributed by atoms with Crippen LogP contribution in [0.1, 0.15) is 0 Å². The third-order valence-electron chi connectivity index (χ3n) is 2.79. The van der Waals surface area contributed by atoms with Crippen LogP contribution in [0.3, 0.4) is 0 Å². The third kappa shape index (κ3) is 2.57. The Balaban J connectivity index is 2.16. The van der Waals surface area contributed by atoms with Crippen molar-refractivity contribution in [3.63, 3.8) is 0 Å². The van der Waals surface area contributed by atoms with Gasteiger partial charge in [0.15, 0.2) is 10.3 Å². The molecular formula is C12H7ClN4O2S2. The number of nitrogens with zero attached hydrogens (tertiary/aromatic N) is 4. The number of benzene rings is 1. The van der Waals surface area contributed by atoms with E-state index >= 15 is 0 Å². The van der Waals surface area contributed by atoms with Crippen LogP contribution in [0.2, 0.25) is 5.15 Å². The number of nitro benzene ring substituents is 1. The molecule has 0 spiro atoms. The number of hydrogen-bond acceptors (Lipinski definition) is 7. The number of hydrogen-bond donors (Lipinski definition) is 0. The van der Waals surface area contributed by atoms with Crippen molar-refractivity contribution in [1.29, 1.82) is 0 Å². The lowest BCUT2D eigenvalue weighted by atomic mass is 10.1. The first-order valence-corrected chi connectivity index (χ1v) is 8.09. The smallest absolute Gasteiger partial charge is 0.258 e. The summed E-state index contributed by atoms with van der Waals surface area (Å²) in [6, 6.07) is 6.19. The average molecular weight is 339 g/mol. The highest BCUT2D eigenvalue weighted by atomic mass is 35.5. The lowest BCUT2D eigenvalue weighted by Crippen LogP contribution is -1.89. The standard InChI is InChI=1S/C12H7ClN4O2S2/c1-20-12-14-9-8(16-21-10(9)11(13)15-12)6-2-4-7(5-3-6)17(18)19/h2-5H,1H3. The lowest BCUT2D eigenvalue weighted by molar-refractivity contribution is -0.384. The van der Waals surface area contributed by atoms with Crippen molar-refractivity contribution in [1.82, 2.24) is 14.3 Å². The highest BCUT2D eigenvalue weighted by molar-refractivity contribution is 7.98. The van der Waals surface area contributed by atoms with Gasteiger partial charge < -0.3 is 0 Å². The maximum absolute atomic E-state index is 10.7. The van der Waals surface area contributed by atoms with Crippen molar-refractivity contribution >= 4 is 50.8 Å². The van der Waals surface area contributed by atoms with E-state index in [1.54, 1.807) is 12.1 Å². The molecule has 0 aliphatic rings. The number of nitro groups is 1. The van der Waals surface area contributed by atoms with Crippen LogP contribution in [0, 0.1) is 10.1 Å². The molecule has 0 saturated carbocycles. The summed E-state index contributed by atoms with van der Waals surface area (Å²) in [5, 5.41) is 11.6. The topological polar surface area (TPSA) is 81.8 Å². The van der Waals surface area contributed by atoms with Crippen molar-refractivity contribution in [3.8, 4) is 11.3 Å². The van der Waals surface area contributed by atoms with Crippen molar-refractivity contribution in [2.24, 2.45) is 0 Å². The number of rotatable bonds is 3. The Hall–Kier alpha value is -1.77. The largest absolute Gasteiger partial charge is 0.269 e. The fraction of sp³-hybridized carbons (Fsp3) is 0.0833. The Kier molecular flexibility index (Phi) is 3.75. The third-order valence-corrected chi connectivity index (χ3v) is 4.57. The van der Waals surface area contributed by atoms with Crippen LogP contribution in [0.15, 0.2) is 29.4 Å². The van der Waals surface area contributed by atoms with Crippen molar-refractivity contribution in [2.75, 3.05) is 6.26 Å². The molecule has 6 nitrogen and oxygen atoms in total. The normalized spacial score (nSPS) is 11.0. The number of non-ortho nitro benzene ring substituents is 1. The van der Waals surface area contributed by atoms with Gasteiger partial charge in [-0.05, 0) is 29.9 Å². The highest BCUT2D eigenvalue weighted by Gasteiger charge is 2.16. The van der Waals surface area contributed by atoms with Gasteiger partial charge in [-0.3, -0.25) is 10.1 Å². The van der Waals surface area contributed by atoms with Crippen molar-refractivity contribution < 1.29 is 4.92 Å². The number of aromatic nitrogens is 3. The quantitative estimate of drug-likeness (QED) is 0.236. The van der Waals surface area contributed by atoms with Gasteiger partial charge in [-0.15, -0.1) is 0 Å². The van der Waals surface area contributed by atoms with Crippen LogP contribution in [0.25, 0.3) is 21.5 Å². The molecule has 106 valence electrons. The van der Waals surface area contributed by atoms with Crippen LogP contribution in [0.5, 0.6) is 0 Å². The van der Waals surface area contributed by atoms with Gasteiger partial charge in [0.1, 0.15) is 15.9 Å². The molecule has 0 aliphatic carbocycles. The Morgan fingerprint density at radius 2 is 2.00 bits per heavy atom. The molecule has 0 radical (unpaired) electrons. The summed E-state index contributed by atoms with van der Waals surface area (Å²) in [5.74, 6) is 0. The Labute approximate surface area is 132 Å². The van der Waals surface area contributed by atoms with Crippen molar-refractivity contribution in [3.05, 3.63) is 39.5 Å². The molecule has 3 rings (SSSR count). The molecule has 0 atom stereocenters. The van der Waals surface area contributed by atoms with Crippen LogP contribution in [-0.2, 0) is 0 Å². The van der Waals surface area contributed by atoms with Crippen molar-refractivity contribution in [2.45, 2.75) is 5.16 Å². The fourth-order valence-electron chi connectivity index (χ4n) is 1.80. The second kappa shape index (κ2) is 5.55. The molecule has 0 amide bonds. The van der Waals surface area contributed by atoms with Crippen LogP contribution >= 0.6 is 34.9 Å². The van der Waals surface area contributed by atoms with Gasteiger partial charge in [0.05, 0.1) is 4.92 Å². The Morgan fingerprint density at radius 1 is 1.29 bits per heavy atom. The molecule has 3 aromatic rings. The second-order valence-corrected chi connectivity index (χ2v) is 5.92. The highest BCUT2D eigenvalue weighted by Crippen LogP contribution is 2.34. The zero-order valence-corrected chi connectivity index (χ0v) is 13.0. The van der Waals surface area contributed by atoms with Crippen LogP contribution in [-0.4, -0.2) is 25.5 Å².